The first-order chi connectivity index (χ1) is 8.83. The van der Waals surface area contributed by atoms with E-state index >= 15 is 0 Å². The SMILES string of the molecule is O=C(Nc1cncc(OS(=O)(=O)F)c1)C1CC(F)C1. The summed E-state index contributed by atoms with van der Waals surface area (Å²) >= 11 is 0. The first-order valence-corrected chi connectivity index (χ1v) is 6.68. The first-order valence-electron chi connectivity index (χ1n) is 5.37. The molecule has 1 aliphatic rings. The van der Waals surface area contributed by atoms with Gasteiger partial charge in [0.05, 0.1) is 18.1 Å². The summed E-state index contributed by atoms with van der Waals surface area (Å²) in [6.07, 6.45) is 1.58. The highest BCUT2D eigenvalue weighted by atomic mass is 32.3. The monoisotopic (exact) mass is 292 g/mol. The fraction of sp³-hybridized carbons (Fsp3) is 0.400. The average molecular weight is 292 g/mol. The lowest BCUT2D eigenvalue weighted by atomic mass is 9.83. The smallest absolute Gasteiger partial charge is 0.357 e. The van der Waals surface area contributed by atoms with Gasteiger partial charge in [-0.2, -0.15) is 8.42 Å². The van der Waals surface area contributed by atoms with Crippen LogP contribution < -0.4 is 9.50 Å². The van der Waals surface area contributed by atoms with Crippen LogP contribution >= 0.6 is 0 Å². The normalized spacial score (nSPS) is 22.4. The van der Waals surface area contributed by atoms with Crippen LogP contribution in [0.25, 0.3) is 0 Å². The van der Waals surface area contributed by atoms with Crippen LogP contribution in [0.4, 0.5) is 14.0 Å². The number of carbonyl (C=O) groups is 1. The van der Waals surface area contributed by atoms with Gasteiger partial charge in [0.1, 0.15) is 6.17 Å². The number of carbonyl (C=O) groups excluding carboxylic acids is 1. The molecule has 0 bridgehead atoms. The van der Waals surface area contributed by atoms with E-state index in [1.165, 1.54) is 6.20 Å². The molecule has 1 heterocycles. The van der Waals surface area contributed by atoms with E-state index in [0.717, 1.165) is 12.3 Å². The van der Waals surface area contributed by atoms with Crippen molar-refractivity contribution < 1.29 is 25.7 Å². The number of aromatic nitrogens is 1. The van der Waals surface area contributed by atoms with E-state index in [1.807, 2.05) is 0 Å². The van der Waals surface area contributed by atoms with Crippen LogP contribution in [-0.4, -0.2) is 25.5 Å². The van der Waals surface area contributed by atoms with E-state index in [-0.39, 0.29) is 24.3 Å². The van der Waals surface area contributed by atoms with Gasteiger partial charge < -0.3 is 9.50 Å². The van der Waals surface area contributed by atoms with Gasteiger partial charge in [0.15, 0.2) is 5.75 Å². The molecule has 19 heavy (non-hydrogen) atoms. The van der Waals surface area contributed by atoms with E-state index in [1.54, 1.807) is 0 Å². The second-order valence-electron chi connectivity index (χ2n) is 4.14. The second kappa shape index (κ2) is 5.08. The lowest BCUT2D eigenvalue weighted by molar-refractivity contribution is -0.124. The summed E-state index contributed by atoms with van der Waals surface area (Å²) in [4.78, 5) is 15.2. The third kappa shape index (κ3) is 3.85. The third-order valence-electron chi connectivity index (χ3n) is 2.63. The molecule has 2 rings (SSSR count). The molecule has 0 radical (unpaired) electrons. The summed E-state index contributed by atoms with van der Waals surface area (Å²) in [5.74, 6) is -1.17. The average Bonchev–Trinajstić information content (AvgIpc) is 2.22. The third-order valence-corrected chi connectivity index (χ3v) is 3.02. The molecule has 1 aliphatic carbocycles. The van der Waals surface area contributed by atoms with Crippen LogP contribution in [-0.2, 0) is 15.3 Å². The topological polar surface area (TPSA) is 85.4 Å². The maximum atomic E-state index is 12.6. The molecule has 1 amide bonds. The maximum absolute atomic E-state index is 12.6. The van der Waals surface area contributed by atoms with E-state index in [2.05, 4.69) is 14.5 Å². The Morgan fingerprint density at radius 3 is 2.68 bits per heavy atom. The zero-order valence-electron chi connectivity index (χ0n) is 9.55. The van der Waals surface area contributed by atoms with Gasteiger partial charge in [-0.05, 0) is 12.8 Å². The molecule has 104 valence electrons. The van der Waals surface area contributed by atoms with Gasteiger partial charge in [-0.15, -0.1) is 0 Å². The van der Waals surface area contributed by atoms with Gasteiger partial charge in [0, 0.05) is 12.0 Å². The minimum atomic E-state index is -5.14. The maximum Gasteiger partial charge on any atom is 0.488 e. The van der Waals surface area contributed by atoms with Crippen molar-refractivity contribution in [2.75, 3.05) is 5.32 Å². The minimum Gasteiger partial charge on any atom is -0.357 e. The number of halogens is 2. The first kappa shape index (κ1) is 13.7. The van der Waals surface area contributed by atoms with Gasteiger partial charge in [-0.1, -0.05) is 3.89 Å². The quantitative estimate of drug-likeness (QED) is 0.847. The molecule has 1 aromatic rings. The molecule has 0 aromatic carbocycles. The summed E-state index contributed by atoms with van der Waals surface area (Å²) < 4.78 is 49.4. The fourth-order valence-corrected chi connectivity index (χ4v) is 1.98. The standard InChI is InChI=1S/C10H10F2N2O4S/c11-7-1-6(2-7)10(15)14-8-3-9(5-13-4-8)18-19(12,16)17/h3-7H,1-2H2,(H,14,15). The van der Waals surface area contributed by atoms with E-state index in [0.29, 0.717) is 0 Å². The van der Waals surface area contributed by atoms with Crippen LogP contribution in [0.2, 0.25) is 0 Å². The largest absolute Gasteiger partial charge is 0.488 e. The van der Waals surface area contributed by atoms with Crippen molar-refractivity contribution in [2.45, 2.75) is 19.0 Å². The Bertz CT molecular complexity index is 587. The lowest BCUT2D eigenvalue weighted by Crippen LogP contribution is -2.35. The Balaban J connectivity index is 2.01. The molecule has 1 saturated carbocycles. The molecular formula is C10H10F2N2O4S. The summed E-state index contributed by atoms with van der Waals surface area (Å²) in [6.45, 7) is 0. The summed E-state index contributed by atoms with van der Waals surface area (Å²) in [6, 6.07) is 1.10. The predicted octanol–water partition coefficient (Wildman–Crippen LogP) is 1.36. The second-order valence-corrected chi connectivity index (χ2v) is 5.09. The number of hydrogen-bond acceptors (Lipinski definition) is 5. The number of amides is 1. The number of nitrogens with one attached hydrogen (secondary N) is 1. The van der Waals surface area contributed by atoms with E-state index in [4.69, 9.17) is 0 Å². The fourth-order valence-electron chi connectivity index (χ4n) is 1.65. The Labute approximate surface area is 108 Å². The number of nitrogens with zero attached hydrogens (tertiary/aromatic N) is 1. The predicted molar refractivity (Wildman–Crippen MR) is 61.1 cm³/mol. The van der Waals surface area contributed by atoms with Crippen molar-refractivity contribution in [3.63, 3.8) is 0 Å². The number of hydrogen-bond donors (Lipinski definition) is 1. The molecule has 1 fully saturated rings. The van der Waals surface area contributed by atoms with Crippen LogP contribution in [0, 0.1) is 5.92 Å². The van der Waals surface area contributed by atoms with Gasteiger partial charge in [0.25, 0.3) is 0 Å². The molecule has 1 aromatic heterocycles. The number of pyridine rings is 1. The van der Waals surface area contributed by atoms with E-state index in [9.17, 15) is 21.5 Å². The van der Waals surface area contributed by atoms with Gasteiger partial charge in [-0.3, -0.25) is 9.78 Å². The van der Waals surface area contributed by atoms with Crippen molar-refractivity contribution >= 4 is 22.1 Å². The molecule has 0 spiro atoms. The van der Waals surface area contributed by atoms with Crippen molar-refractivity contribution in [2.24, 2.45) is 5.92 Å². The zero-order chi connectivity index (χ0) is 14.0. The van der Waals surface area contributed by atoms with E-state index < -0.39 is 28.5 Å². The number of rotatable bonds is 4. The highest BCUT2D eigenvalue weighted by Gasteiger charge is 2.34. The minimum absolute atomic E-state index is 0.147. The Kier molecular flexibility index (Phi) is 3.65. The van der Waals surface area contributed by atoms with Gasteiger partial charge >= 0.3 is 10.5 Å². The summed E-state index contributed by atoms with van der Waals surface area (Å²) in [7, 11) is -5.14. The number of alkyl halides is 1. The molecule has 9 heteroatoms. The molecule has 0 saturated heterocycles. The Hall–Kier alpha value is -1.77. The molecule has 1 N–H and O–H groups in total. The van der Waals surface area contributed by atoms with Crippen LogP contribution in [0.3, 0.4) is 0 Å². The van der Waals surface area contributed by atoms with Gasteiger partial charge in [0.2, 0.25) is 5.91 Å². The van der Waals surface area contributed by atoms with Gasteiger partial charge in [-0.25, -0.2) is 4.39 Å². The van der Waals surface area contributed by atoms with Crippen LogP contribution in [0.15, 0.2) is 18.5 Å². The highest BCUT2D eigenvalue weighted by Crippen LogP contribution is 2.31. The number of anilines is 1. The van der Waals surface area contributed by atoms with Crippen molar-refractivity contribution in [1.29, 1.82) is 0 Å². The van der Waals surface area contributed by atoms with Crippen LogP contribution in [0.5, 0.6) is 5.75 Å². The Morgan fingerprint density at radius 2 is 2.11 bits per heavy atom. The van der Waals surface area contributed by atoms with Crippen molar-refractivity contribution in [1.82, 2.24) is 4.98 Å². The summed E-state index contributed by atoms with van der Waals surface area (Å²) in [5.41, 5.74) is 0.147. The van der Waals surface area contributed by atoms with Crippen LogP contribution in [0.1, 0.15) is 12.8 Å². The zero-order valence-corrected chi connectivity index (χ0v) is 10.4. The summed E-state index contributed by atoms with van der Waals surface area (Å²) in [5, 5.41) is 2.43. The molecule has 0 aliphatic heterocycles. The molecule has 0 unspecified atom stereocenters. The molecule has 0 atom stereocenters. The Morgan fingerprint density at radius 1 is 1.42 bits per heavy atom. The lowest BCUT2D eigenvalue weighted by Gasteiger charge is -2.28. The molecule has 6 nitrogen and oxygen atoms in total. The van der Waals surface area contributed by atoms with Crippen molar-refractivity contribution in [3.8, 4) is 5.75 Å². The van der Waals surface area contributed by atoms with Crippen molar-refractivity contribution in [3.05, 3.63) is 18.5 Å². The highest BCUT2D eigenvalue weighted by molar-refractivity contribution is 7.81. The molecular weight excluding hydrogens is 282 g/mol.